The minimum Gasteiger partial charge on any atom is -0.352 e. The fourth-order valence-corrected chi connectivity index (χ4v) is 3.41. The summed E-state index contributed by atoms with van der Waals surface area (Å²) in [5, 5.41) is 8.87. The van der Waals surface area contributed by atoms with Crippen LogP contribution in [-0.4, -0.2) is 35.8 Å². The number of Topliss-reactive ketones (excluding diaryl/α,β-unsaturated/α-hetero) is 1. The zero-order valence-electron chi connectivity index (χ0n) is 20.9. The Labute approximate surface area is 238 Å². The van der Waals surface area contributed by atoms with E-state index < -0.39 is 11.9 Å². The quantitative estimate of drug-likeness (QED) is 0.249. The first kappa shape index (κ1) is 34.5. The Morgan fingerprint density at radius 1 is 1.06 bits per heavy atom. The van der Waals surface area contributed by atoms with Crippen LogP contribution in [0.3, 0.4) is 0 Å². The van der Waals surface area contributed by atoms with Crippen molar-refractivity contribution >= 4 is 23.4 Å². The molecule has 0 aliphatic heterocycles. The molecule has 0 unspecified atom stereocenters. The second-order valence-electron chi connectivity index (χ2n) is 9.46. The number of aryl methyl sites for hydroxylation is 1. The third-order valence-corrected chi connectivity index (χ3v) is 5.08. The van der Waals surface area contributed by atoms with Crippen molar-refractivity contribution in [2.45, 2.75) is 78.8 Å². The minimum absolute atomic E-state index is 0. The van der Waals surface area contributed by atoms with Crippen molar-refractivity contribution in [3.8, 4) is 0 Å². The summed E-state index contributed by atoms with van der Waals surface area (Å²) in [7, 11) is 0. The third-order valence-electron chi connectivity index (χ3n) is 5.08. The molecule has 3 amide bonds. The number of nitrogens with one attached hydrogen (secondary N) is 3. The molecule has 0 saturated carbocycles. The van der Waals surface area contributed by atoms with Crippen LogP contribution in [0.1, 0.15) is 66.4 Å². The summed E-state index contributed by atoms with van der Waals surface area (Å²) in [6, 6.07) is 6.79. The van der Waals surface area contributed by atoms with Gasteiger partial charge < -0.3 is 21.7 Å². The SMILES string of the molecule is CCc1ccc(NC(=O)[C@H](CCCNC(N)=O)CC(=O)[C@@H](NC(C)(C)C)C(C)C)cc1.[W].[Y]. The van der Waals surface area contributed by atoms with Gasteiger partial charge in [-0.3, -0.25) is 9.59 Å². The minimum atomic E-state index is -0.595. The van der Waals surface area contributed by atoms with Gasteiger partial charge in [-0.15, -0.1) is 0 Å². The second-order valence-corrected chi connectivity index (χ2v) is 9.46. The molecule has 0 aliphatic carbocycles. The molecule has 5 N–H and O–H groups in total. The van der Waals surface area contributed by atoms with Gasteiger partial charge in [0.05, 0.1) is 6.04 Å². The van der Waals surface area contributed by atoms with Crippen LogP contribution in [0.4, 0.5) is 10.5 Å². The molecule has 0 aromatic heterocycles. The number of carbonyl (C=O) groups excluding carboxylic acids is 3. The van der Waals surface area contributed by atoms with Crippen molar-refractivity contribution < 1.29 is 68.2 Å². The summed E-state index contributed by atoms with van der Waals surface area (Å²) in [6.45, 7) is 12.5. The van der Waals surface area contributed by atoms with Crippen LogP contribution in [0.25, 0.3) is 0 Å². The molecule has 1 radical (unpaired) electrons. The Kier molecular flexibility index (Phi) is 17.7. The molecule has 9 heteroatoms. The second kappa shape index (κ2) is 16.9. The van der Waals surface area contributed by atoms with Crippen LogP contribution in [0.5, 0.6) is 0 Å². The molecule has 1 rings (SSSR count). The number of ketones is 1. The van der Waals surface area contributed by atoms with Crippen LogP contribution in [0.15, 0.2) is 24.3 Å². The first-order chi connectivity index (χ1) is 14.4. The molecule has 33 heavy (non-hydrogen) atoms. The molecule has 183 valence electrons. The van der Waals surface area contributed by atoms with Crippen molar-refractivity contribution in [2.24, 2.45) is 17.6 Å². The van der Waals surface area contributed by atoms with Gasteiger partial charge in [0, 0.05) is 83.9 Å². The fourth-order valence-electron chi connectivity index (χ4n) is 3.41. The van der Waals surface area contributed by atoms with Crippen molar-refractivity contribution in [2.75, 3.05) is 11.9 Å². The van der Waals surface area contributed by atoms with Gasteiger partial charge in [0.15, 0.2) is 5.78 Å². The summed E-state index contributed by atoms with van der Waals surface area (Å²) in [5.74, 6) is -0.547. The Morgan fingerprint density at radius 2 is 1.64 bits per heavy atom. The van der Waals surface area contributed by atoms with Gasteiger partial charge in [0.25, 0.3) is 0 Å². The number of carbonyl (C=O) groups is 3. The van der Waals surface area contributed by atoms with Crippen molar-refractivity contribution in [3.05, 3.63) is 29.8 Å². The number of urea groups is 1. The van der Waals surface area contributed by atoms with Gasteiger partial charge in [-0.1, -0.05) is 32.9 Å². The van der Waals surface area contributed by atoms with Gasteiger partial charge in [-0.25, -0.2) is 4.79 Å². The predicted molar refractivity (Wildman–Crippen MR) is 126 cm³/mol. The number of rotatable bonds is 12. The summed E-state index contributed by atoms with van der Waals surface area (Å²) in [4.78, 5) is 37.1. The molecule has 1 aromatic carbocycles. The average Bonchev–Trinajstić information content (AvgIpc) is 2.67. The first-order valence-corrected chi connectivity index (χ1v) is 11.2. The van der Waals surface area contributed by atoms with E-state index in [1.807, 2.05) is 58.9 Å². The van der Waals surface area contributed by atoms with Crippen molar-refractivity contribution in [1.82, 2.24) is 10.6 Å². The molecule has 7 nitrogen and oxygen atoms in total. The first-order valence-electron chi connectivity index (χ1n) is 11.2. The number of hydrogen-bond donors (Lipinski definition) is 4. The zero-order chi connectivity index (χ0) is 23.6. The van der Waals surface area contributed by atoms with Gasteiger partial charge in [-0.05, 0) is 63.6 Å². The third kappa shape index (κ3) is 14.4. The Bertz CT molecular complexity index is 736. The average molecular weight is 705 g/mol. The molecule has 0 bridgehead atoms. The maximum atomic E-state index is 13.1. The van der Waals surface area contributed by atoms with Gasteiger partial charge in [0.2, 0.25) is 5.91 Å². The van der Waals surface area contributed by atoms with Crippen LogP contribution < -0.4 is 21.7 Å². The molecule has 0 heterocycles. The molecule has 0 saturated heterocycles. The summed E-state index contributed by atoms with van der Waals surface area (Å²) >= 11 is 0. The van der Waals surface area contributed by atoms with Gasteiger partial charge in [0.1, 0.15) is 0 Å². The Morgan fingerprint density at radius 3 is 2.09 bits per heavy atom. The molecule has 0 aliphatic rings. The van der Waals surface area contributed by atoms with Crippen LogP contribution in [-0.2, 0) is 69.8 Å². The topological polar surface area (TPSA) is 113 Å². The van der Waals surface area contributed by atoms with E-state index in [1.165, 1.54) is 5.56 Å². The van der Waals surface area contributed by atoms with Gasteiger partial charge in [-0.2, -0.15) is 0 Å². The van der Waals surface area contributed by atoms with E-state index in [4.69, 9.17) is 5.73 Å². The van der Waals surface area contributed by atoms with Crippen LogP contribution >= 0.6 is 0 Å². The van der Waals surface area contributed by atoms with Crippen molar-refractivity contribution in [3.63, 3.8) is 0 Å². The number of anilines is 1. The number of nitrogens with two attached hydrogens (primary N) is 1. The van der Waals surface area contributed by atoms with E-state index in [9.17, 15) is 14.4 Å². The van der Waals surface area contributed by atoms with Crippen LogP contribution in [0, 0.1) is 11.8 Å². The molecule has 0 fully saturated rings. The van der Waals surface area contributed by atoms with E-state index in [0.717, 1.165) is 6.42 Å². The summed E-state index contributed by atoms with van der Waals surface area (Å²) in [5.41, 5.74) is 6.80. The van der Waals surface area contributed by atoms with E-state index in [0.29, 0.717) is 25.1 Å². The number of hydrogen-bond acceptors (Lipinski definition) is 4. The van der Waals surface area contributed by atoms with Crippen LogP contribution in [0.2, 0.25) is 0 Å². The normalized spacial score (nSPS) is 12.7. The fraction of sp³-hybridized carbons (Fsp3) is 0.625. The monoisotopic (exact) mass is 705 g/mol. The largest absolute Gasteiger partial charge is 0.352 e. The molecular formula is C24H40N4O3WY. The predicted octanol–water partition coefficient (Wildman–Crippen LogP) is 3.62. The zero-order valence-corrected chi connectivity index (χ0v) is 26.6. The molecule has 1 aromatic rings. The Balaban J connectivity index is 0. The molecule has 0 spiro atoms. The standard InChI is InChI=1S/C24H40N4O3.W.Y/c1-7-17-10-12-19(13-11-17)27-22(30)18(9-8-14-26-23(25)31)15-20(29)21(16(2)3)28-24(4,5)6;;/h10-13,16,18,21,28H,7-9,14-15H2,1-6H3,(H,27,30)(H3,25,26,31);;/t18-,21+;;/m1../s1. The van der Waals surface area contributed by atoms with E-state index in [1.54, 1.807) is 0 Å². The summed E-state index contributed by atoms with van der Waals surface area (Å²) < 4.78 is 0. The van der Waals surface area contributed by atoms with E-state index in [-0.39, 0.29) is 89.4 Å². The van der Waals surface area contributed by atoms with Gasteiger partial charge >= 0.3 is 6.03 Å². The number of amides is 3. The van der Waals surface area contributed by atoms with E-state index in [2.05, 4.69) is 22.9 Å². The Hall–Kier alpha value is -0.618. The maximum Gasteiger partial charge on any atom is 0.312 e. The number of primary amides is 1. The smallest absolute Gasteiger partial charge is 0.312 e. The maximum absolute atomic E-state index is 13.1. The van der Waals surface area contributed by atoms with E-state index >= 15 is 0 Å². The summed E-state index contributed by atoms with van der Waals surface area (Å²) in [6.07, 6.45) is 2.10. The molecular weight excluding hydrogens is 665 g/mol. The van der Waals surface area contributed by atoms with Crippen molar-refractivity contribution in [1.29, 1.82) is 0 Å². The molecule has 2 atom stereocenters. The number of benzene rings is 1.